The third-order valence-electron chi connectivity index (χ3n) is 2.98. The van der Waals surface area contributed by atoms with Gasteiger partial charge in [0.15, 0.2) is 5.65 Å². The van der Waals surface area contributed by atoms with Crippen LogP contribution >= 0.6 is 0 Å². The van der Waals surface area contributed by atoms with E-state index in [0.717, 1.165) is 22.2 Å². The van der Waals surface area contributed by atoms with Crippen LogP contribution in [0.25, 0.3) is 22.3 Å². The van der Waals surface area contributed by atoms with Gasteiger partial charge >= 0.3 is 0 Å². The fourth-order valence-electron chi connectivity index (χ4n) is 2.05. The van der Waals surface area contributed by atoms with Gasteiger partial charge in [-0.05, 0) is 25.5 Å². The van der Waals surface area contributed by atoms with Gasteiger partial charge < -0.3 is 5.73 Å². The van der Waals surface area contributed by atoms with E-state index < -0.39 is 0 Å². The molecule has 3 aromatic rings. The normalized spacial score (nSPS) is 11.0. The third-order valence-corrected chi connectivity index (χ3v) is 2.98. The summed E-state index contributed by atoms with van der Waals surface area (Å²) in [6.45, 7) is 4.11. The molecule has 0 bridgehead atoms. The molecule has 0 atom stereocenters. The second kappa shape index (κ2) is 3.80. The molecule has 3 N–H and O–H groups in total. The number of nitrogens with one attached hydrogen (secondary N) is 1. The zero-order chi connectivity index (χ0) is 12.7. The number of aromatic nitrogens is 4. The summed E-state index contributed by atoms with van der Waals surface area (Å²) in [6, 6.07) is 6.26. The third kappa shape index (κ3) is 1.60. The summed E-state index contributed by atoms with van der Waals surface area (Å²) in [4.78, 5) is 8.47. The Bertz CT molecular complexity index is 729. The maximum absolute atomic E-state index is 5.74. The molecule has 18 heavy (non-hydrogen) atoms. The number of benzene rings is 1. The lowest BCUT2D eigenvalue weighted by Gasteiger charge is -2.08. The summed E-state index contributed by atoms with van der Waals surface area (Å²) >= 11 is 0. The lowest BCUT2D eigenvalue weighted by atomic mass is 10.0. The summed E-state index contributed by atoms with van der Waals surface area (Å²) < 4.78 is 0. The van der Waals surface area contributed by atoms with Gasteiger partial charge in [0.2, 0.25) is 5.95 Å². The van der Waals surface area contributed by atoms with E-state index in [1.807, 2.05) is 0 Å². The maximum atomic E-state index is 5.74. The van der Waals surface area contributed by atoms with Crippen molar-refractivity contribution >= 4 is 17.0 Å². The number of hydrogen-bond acceptors (Lipinski definition) is 4. The molecule has 0 saturated heterocycles. The predicted octanol–water partition coefficient (Wildman–Crippen LogP) is 2.22. The highest BCUT2D eigenvalue weighted by molar-refractivity contribution is 5.91. The minimum atomic E-state index is 0.252. The lowest BCUT2D eigenvalue weighted by Crippen LogP contribution is -1.98. The highest BCUT2D eigenvalue weighted by atomic mass is 15.2. The van der Waals surface area contributed by atoms with Gasteiger partial charge in [-0.2, -0.15) is 10.1 Å². The molecule has 0 spiro atoms. The van der Waals surface area contributed by atoms with Gasteiger partial charge in [0.1, 0.15) is 0 Å². The van der Waals surface area contributed by atoms with Crippen LogP contribution in [0.5, 0.6) is 0 Å². The molecule has 5 nitrogen and oxygen atoms in total. The average Bonchev–Trinajstić information content (AvgIpc) is 2.79. The van der Waals surface area contributed by atoms with Crippen molar-refractivity contribution < 1.29 is 0 Å². The molecular weight excluding hydrogens is 226 g/mol. The monoisotopic (exact) mass is 239 g/mol. The van der Waals surface area contributed by atoms with Gasteiger partial charge in [0.25, 0.3) is 0 Å². The number of H-pyrrole nitrogens is 1. The Morgan fingerprint density at radius 2 is 2.00 bits per heavy atom. The number of aryl methyl sites for hydroxylation is 2. The van der Waals surface area contributed by atoms with Crippen LogP contribution in [0.1, 0.15) is 11.1 Å². The zero-order valence-electron chi connectivity index (χ0n) is 10.2. The maximum Gasteiger partial charge on any atom is 0.222 e. The van der Waals surface area contributed by atoms with Gasteiger partial charge in [-0.25, -0.2) is 4.98 Å². The second-order valence-corrected chi connectivity index (χ2v) is 4.38. The highest BCUT2D eigenvalue weighted by Crippen LogP contribution is 2.28. The summed E-state index contributed by atoms with van der Waals surface area (Å²) in [6.07, 6.45) is 1.73. The van der Waals surface area contributed by atoms with E-state index in [1.165, 1.54) is 5.56 Å². The minimum Gasteiger partial charge on any atom is -0.368 e. The number of fused-ring (bicyclic) bond motifs is 1. The molecule has 90 valence electrons. The van der Waals surface area contributed by atoms with E-state index in [9.17, 15) is 0 Å². The lowest BCUT2D eigenvalue weighted by molar-refractivity contribution is 1.09. The molecule has 1 aromatic carbocycles. The summed E-state index contributed by atoms with van der Waals surface area (Å²) in [5.74, 6) is 0.252. The molecule has 2 aromatic heterocycles. The van der Waals surface area contributed by atoms with Crippen LogP contribution in [0.4, 0.5) is 5.95 Å². The van der Waals surface area contributed by atoms with Crippen molar-refractivity contribution in [3.8, 4) is 11.3 Å². The highest BCUT2D eigenvalue weighted by Gasteiger charge is 2.12. The molecule has 0 aliphatic carbocycles. The van der Waals surface area contributed by atoms with Crippen molar-refractivity contribution in [1.82, 2.24) is 20.2 Å². The van der Waals surface area contributed by atoms with Crippen LogP contribution in [0.3, 0.4) is 0 Å². The summed E-state index contributed by atoms with van der Waals surface area (Å²) in [5, 5.41) is 7.71. The summed E-state index contributed by atoms with van der Waals surface area (Å²) in [5.41, 5.74) is 10.6. The van der Waals surface area contributed by atoms with Crippen molar-refractivity contribution in [3.63, 3.8) is 0 Å². The van der Waals surface area contributed by atoms with E-state index in [2.05, 4.69) is 52.2 Å². The molecule has 0 aliphatic rings. The average molecular weight is 239 g/mol. The SMILES string of the molecule is Cc1ccc(C)c(-c2nc(N)nc3[nH]ncc23)c1. The number of nitrogens with zero attached hydrogens (tertiary/aromatic N) is 3. The Kier molecular flexibility index (Phi) is 2.26. The first-order chi connectivity index (χ1) is 8.65. The molecular formula is C13H13N5. The summed E-state index contributed by atoms with van der Waals surface area (Å²) in [7, 11) is 0. The van der Waals surface area contributed by atoms with E-state index in [-0.39, 0.29) is 5.95 Å². The molecule has 0 fully saturated rings. The predicted molar refractivity (Wildman–Crippen MR) is 71.0 cm³/mol. The van der Waals surface area contributed by atoms with E-state index >= 15 is 0 Å². The Morgan fingerprint density at radius 3 is 2.83 bits per heavy atom. The largest absolute Gasteiger partial charge is 0.368 e. The Balaban J connectivity index is 2.37. The number of hydrogen-bond donors (Lipinski definition) is 2. The van der Waals surface area contributed by atoms with Crippen LogP contribution in [-0.4, -0.2) is 20.2 Å². The second-order valence-electron chi connectivity index (χ2n) is 4.38. The number of anilines is 1. The Hall–Kier alpha value is -2.43. The zero-order valence-corrected chi connectivity index (χ0v) is 10.2. The quantitative estimate of drug-likeness (QED) is 0.682. The Labute approximate surface area is 104 Å². The van der Waals surface area contributed by atoms with Crippen LogP contribution in [-0.2, 0) is 0 Å². The molecule has 0 saturated carbocycles. The van der Waals surface area contributed by atoms with Crippen molar-refractivity contribution in [2.75, 3.05) is 5.73 Å². The molecule has 0 unspecified atom stereocenters. The molecule has 3 rings (SSSR count). The van der Waals surface area contributed by atoms with E-state index in [4.69, 9.17) is 5.73 Å². The van der Waals surface area contributed by atoms with Crippen LogP contribution in [0.15, 0.2) is 24.4 Å². The van der Waals surface area contributed by atoms with Gasteiger partial charge in [0, 0.05) is 5.56 Å². The topological polar surface area (TPSA) is 80.5 Å². The van der Waals surface area contributed by atoms with Crippen molar-refractivity contribution in [1.29, 1.82) is 0 Å². The molecule has 0 amide bonds. The number of aromatic amines is 1. The first-order valence-electron chi connectivity index (χ1n) is 5.69. The minimum absolute atomic E-state index is 0.252. The fourth-order valence-corrected chi connectivity index (χ4v) is 2.05. The standard InChI is InChI=1S/C13H13N5/c1-7-3-4-8(2)9(5-7)11-10-6-15-18-12(10)17-13(14)16-11/h3-6H,1-2H3,(H3,14,15,16,17,18). The van der Waals surface area contributed by atoms with E-state index in [1.54, 1.807) is 6.20 Å². The van der Waals surface area contributed by atoms with Crippen molar-refractivity contribution in [2.45, 2.75) is 13.8 Å². The molecule has 0 radical (unpaired) electrons. The first kappa shape index (κ1) is 10.7. The fraction of sp³-hybridized carbons (Fsp3) is 0.154. The van der Waals surface area contributed by atoms with Gasteiger partial charge in [-0.1, -0.05) is 17.7 Å². The van der Waals surface area contributed by atoms with Gasteiger partial charge in [0.05, 0.1) is 17.3 Å². The Morgan fingerprint density at radius 1 is 1.17 bits per heavy atom. The number of nitrogens with two attached hydrogens (primary N) is 1. The van der Waals surface area contributed by atoms with Crippen LogP contribution < -0.4 is 5.73 Å². The first-order valence-corrected chi connectivity index (χ1v) is 5.69. The molecule has 2 heterocycles. The smallest absolute Gasteiger partial charge is 0.222 e. The van der Waals surface area contributed by atoms with Crippen molar-refractivity contribution in [2.24, 2.45) is 0 Å². The van der Waals surface area contributed by atoms with E-state index in [0.29, 0.717) is 5.65 Å². The van der Waals surface area contributed by atoms with Gasteiger partial charge in [-0.3, -0.25) is 5.10 Å². The molecule has 0 aliphatic heterocycles. The van der Waals surface area contributed by atoms with Gasteiger partial charge in [-0.15, -0.1) is 0 Å². The number of nitrogen functional groups attached to an aromatic ring is 1. The number of rotatable bonds is 1. The van der Waals surface area contributed by atoms with Crippen LogP contribution in [0.2, 0.25) is 0 Å². The molecule has 5 heteroatoms. The van der Waals surface area contributed by atoms with Crippen LogP contribution in [0, 0.1) is 13.8 Å². The van der Waals surface area contributed by atoms with Crippen molar-refractivity contribution in [3.05, 3.63) is 35.5 Å².